The Bertz CT molecular complexity index is 653. The summed E-state index contributed by atoms with van der Waals surface area (Å²) in [6, 6.07) is 15.7. The van der Waals surface area contributed by atoms with E-state index < -0.39 is 0 Å². The Morgan fingerprint density at radius 1 is 0.857 bits per heavy atom. The lowest BCUT2D eigenvalue weighted by Crippen LogP contribution is -2.32. The molecule has 0 bridgehead atoms. The van der Waals surface area contributed by atoms with E-state index in [0.29, 0.717) is 0 Å². The zero-order chi connectivity index (χ0) is 14.7. The minimum atomic E-state index is 0.757. The molecular formula is C17H14Cl2N2. The van der Waals surface area contributed by atoms with E-state index >= 15 is 0 Å². The van der Waals surface area contributed by atoms with Crippen molar-refractivity contribution in [3.63, 3.8) is 0 Å². The van der Waals surface area contributed by atoms with Crippen LogP contribution >= 0.6 is 23.2 Å². The van der Waals surface area contributed by atoms with Crippen molar-refractivity contribution < 1.29 is 4.57 Å². The first kappa shape index (κ1) is 14.2. The highest BCUT2D eigenvalue weighted by Gasteiger charge is 2.00. The van der Waals surface area contributed by atoms with Gasteiger partial charge < -0.3 is 9.13 Å². The summed E-state index contributed by atoms with van der Waals surface area (Å²) in [5.74, 6) is 0. The Labute approximate surface area is 134 Å². The molecule has 0 spiro atoms. The van der Waals surface area contributed by atoms with Crippen molar-refractivity contribution in [3.8, 4) is 0 Å². The molecule has 0 aliphatic carbocycles. The largest absolute Gasteiger partial charge is 0.347 e. The summed E-state index contributed by atoms with van der Waals surface area (Å²) in [7, 11) is 0. The van der Waals surface area contributed by atoms with Gasteiger partial charge in [-0.2, -0.15) is 0 Å². The normalized spacial score (nSPS) is 10.8. The maximum absolute atomic E-state index is 5.89. The van der Waals surface area contributed by atoms with E-state index in [1.54, 1.807) is 0 Å². The van der Waals surface area contributed by atoms with E-state index in [9.17, 15) is 0 Å². The number of halogens is 2. The molecule has 0 N–H and O–H groups in total. The minimum absolute atomic E-state index is 0.757. The molecule has 0 aliphatic rings. The highest BCUT2D eigenvalue weighted by molar-refractivity contribution is 6.30. The molecule has 4 heteroatoms. The number of hydrogen-bond acceptors (Lipinski definition) is 0. The van der Waals surface area contributed by atoms with Crippen LogP contribution in [-0.4, -0.2) is 4.57 Å². The average Bonchev–Trinajstić information content (AvgIpc) is 2.91. The van der Waals surface area contributed by atoms with Crippen LogP contribution < -0.4 is 4.57 Å². The molecule has 0 fully saturated rings. The topological polar surface area (TPSA) is 8.81 Å². The Hall–Kier alpha value is -1.77. The van der Waals surface area contributed by atoms with Crippen molar-refractivity contribution in [2.75, 3.05) is 0 Å². The zero-order valence-electron chi connectivity index (χ0n) is 11.3. The van der Waals surface area contributed by atoms with Gasteiger partial charge in [0.1, 0.15) is 0 Å². The SMILES string of the molecule is Clc1ccc(Cn2[c-][n+](Cc3ccc(Cl)cc3)cc2)cc1. The molecule has 3 rings (SSSR count). The number of hydrogen-bond donors (Lipinski definition) is 0. The number of imidazole rings is 1. The molecule has 0 saturated carbocycles. The molecule has 2 aromatic carbocycles. The monoisotopic (exact) mass is 316 g/mol. The Kier molecular flexibility index (Phi) is 4.28. The van der Waals surface area contributed by atoms with Crippen LogP contribution in [0.1, 0.15) is 11.1 Å². The molecule has 2 nitrogen and oxygen atoms in total. The van der Waals surface area contributed by atoms with Crippen molar-refractivity contribution in [2.45, 2.75) is 13.1 Å². The Morgan fingerprint density at radius 3 is 2.05 bits per heavy atom. The summed E-state index contributed by atoms with van der Waals surface area (Å²) in [6.45, 7) is 1.57. The van der Waals surface area contributed by atoms with Gasteiger partial charge in [-0.05, 0) is 47.8 Å². The molecule has 0 amide bonds. The lowest BCUT2D eigenvalue weighted by molar-refractivity contribution is -0.692. The molecule has 0 atom stereocenters. The van der Waals surface area contributed by atoms with Gasteiger partial charge in [0, 0.05) is 10.0 Å². The van der Waals surface area contributed by atoms with Crippen LogP contribution in [0.4, 0.5) is 0 Å². The quantitative estimate of drug-likeness (QED) is 0.508. The van der Waals surface area contributed by atoms with E-state index in [4.69, 9.17) is 23.2 Å². The van der Waals surface area contributed by atoms with E-state index in [-0.39, 0.29) is 0 Å². The molecule has 0 radical (unpaired) electrons. The zero-order valence-corrected chi connectivity index (χ0v) is 12.8. The van der Waals surface area contributed by atoms with Gasteiger partial charge in [0.05, 0.1) is 13.1 Å². The second kappa shape index (κ2) is 6.33. The molecule has 1 aromatic heterocycles. The number of rotatable bonds is 4. The minimum Gasteiger partial charge on any atom is -0.347 e. The number of nitrogens with zero attached hydrogens (tertiary/aromatic N) is 2. The third kappa shape index (κ3) is 3.87. The van der Waals surface area contributed by atoms with Gasteiger partial charge >= 0.3 is 0 Å². The predicted molar refractivity (Wildman–Crippen MR) is 84.6 cm³/mol. The summed E-state index contributed by atoms with van der Waals surface area (Å²) >= 11 is 11.8. The van der Waals surface area contributed by atoms with Gasteiger partial charge in [0.2, 0.25) is 6.33 Å². The van der Waals surface area contributed by atoms with Crippen LogP contribution in [0.25, 0.3) is 0 Å². The predicted octanol–water partition coefficient (Wildman–Crippen LogP) is 3.98. The third-order valence-corrected chi connectivity index (χ3v) is 3.72. The Balaban J connectivity index is 1.68. The van der Waals surface area contributed by atoms with Crippen LogP contribution in [0.2, 0.25) is 10.0 Å². The van der Waals surface area contributed by atoms with Crippen molar-refractivity contribution in [2.24, 2.45) is 0 Å². The lowest BCUT2D eigenvalue weighted by Gasteiger charge is -2.03. The van der Waals surface area contributed by atoms with Crippen molar-refractivity contribution in [3.05, 3.63) is 88.4 Å². The summed E-state index contributed by atoms with van der Waals surface area (Å²) in [6.07, 6.45) is 7.34. The second-order valence-electron chi connectivity index (χ2n) is 4.91. The molecular weight excluding hydrogens is 303 g/mol. The van der Waals surface area contributed by atoms with E-state index in [0.717, 1.165) is 23.1 Å². The molecule has 3 aromatic rings. The van der Waals surface area contributed by atoms with E-state index in [2.05, 4.69) is 6.33 Å². The van der Waals surface area contributed by atoms with Gasteiger partial charge in [-0.3, -0.25) is 0 Å². The first-order chi connectivity index (χ1) is 10.2. The highest BCUT2D eigenvalue weighted by Crippen LogP contribution is 2.11. The summed E-state index contributed by atoms with van der Waals surface area (Å²) < 4.78 is 4.05. The van der Waals surface area contributed by atoms with Crippen LogP contribution in [0, 0.1) is 6.33 Å². The molecule has 21 heavy (non-hydrogen) atoms. The van der Waals surface area contributed by atoms with Crippen LogP contribution in [-0.2, 0) is 13.1 Å². The van der Waals surface area contributed by atoms with Gasteiger partial charge in [-0.25, -0.2) is 0 Å². The average molecular weight is 317 g/mol. The maximum Gasteiger partial charge on any atom is 0.204 e. The molecule has 1 heterocycles. The van der Waals surface area contributed by atoms with Gasteiger partial charge in [-0.1, -0.05) is 47.5 Å². The van der Waals surface area contributed by atoms with Gasteiger partial charge in [-0.15, -0.1) is 0 Å². The number of benzene rings is 2. The fraction of sp³-hybridized carbons (Fsp3) is 0.118. The smallest absolute Gasteiger partial charge is 0.204 e. The second-order valence-corrected chi connectivity index (χ2v) is 5.78. The molecule has 0 unspecified atom stereocenters. The van der Waals surface area contributed by atoms with Crippen molar-refractivity contribution >= 4 is 23.2 Å². The molecule has 106 valence electrons. The fourth-order valence-electron chi connectivity index (χ4n) is 2.14. The Morgan fingerprint density at radius 2 is 1.43 bits per heavy atom. The first-order valence-corrected chi connectivity index (χ1v) is 7.41. The van der Waals surface area contributed by atoms with E-state index in [1.807, 2.05) is 70.1 Å². The third-order valence-electron chi connectivity index (χ3n) is 3.22. The highest BCUT2D eigenvalue weighted by atomic mass is 35.5. The number of aromatic nitrogens is 2. The van der Waals surface area contributed by atoms with Gasteiger partial charge in [0.15, 0.2) is 0 Å². The summed E-state index contributed by atoms with van der Waals surface area (Å²) in [4.78, 5) is 0. The van der Waals surface area contributed by atoms with Crippen molar-refractivity contribution in [1.29, 1.82) is 0 Å². The van der Waals surface area contributed by atoms with E-state index in [1.165, 1.54) is 11.1 Å². The van der Waals surface area contributed by atoms with Crippen LogP contribution in [0.3, 0.4) is 0 Å². The van der Waals surface area contributed by atoms with Gasteiger partial charge in [0.25, 0.3) is 0 Å². The van der Waals surface area contributed by atoms with Crippen molar-refractivity contribution in [1.82, 2.24) is 4.57 Å². The summed E-state index contributed by atoms with van der Waals surface area (Å²) in [5, 5.41) is 1.51. The summed E-state index contributed by atoms with van der Waals surface area (Å²) in [5.41, 5.74) is 2.40. The van der Waals surface area contributed by atoms with Crippen LogP contribution in [0.15, 0.2) is 60.9 Å². The van der Waals surface area contributed by atoms with Crippen LogP contribution in [0.5, 0.6) is 0 Å². The molecule has 0 saturated heterocycles. The first-order valence-electron chi connectivity index (χ1n) is 6.66. The fourth-order valence-corrected chi connectivity index (χ4v) is 2.39. The molecule has 0 aliphatic heterocycles. The maximum atomic E-state index is 5.89. The lowest BCUT2D eigenvalue weighted by atomic mass is 10.2. The standard InChI is InChI=1S/C17H14Cl2N2/c18-16-5-1-14(2-6-16)11-20-9-10-21(13-20)12-15-3-7-17(19)8-4-15/h1-10H,11-12H2.